The number of hydrogen-bond acceptors (Lipinski definition) is 4. The van der Waals surface area contributed by atoms with Crippen molar-refractivity contribution in [1.29, 1.82) is 0 Å². The zero-order chi connectivity index (χ0) is 10.7. The fourth-order valence-electron chi connectivity index (χ4n) is 2.34. The molecule has 2 rings (SSSR count). The molecule has 0 saturated heterocycles. The van der Waals surface area contributed by atoms with E-state index in [1.165, 1.54) is 6.42 Å². The number of aliphatic hydroxyl groups is 1. The Balaban J connectivity index is 1.87. The van der Waals surface area contributed by atoms with E-state index in [1.807, 2.05) is 5.38 Å². The third kappa shape index (κ3) is 2.92. The van der Waals surface area contributed by atoms with Gasteiger partial charge in [0.05, 0.1) is 5.60 Å². The molecule has 1 fully saturated rings. The van der Waals surface area contributed by atoms with Gasteiger partial charge >= 0.3 is 0 Å². The van der Waals surface area contributed by atoms with E-state index in [9.17, 15) is 5.11 Å². The fraction of sp³-hybridized carbons (Fsp3) is 0.727. The summed E-state index contributed by atoms with van der Waals surface area (Å²) in [5.41, 5.74) is -0.524. The lowest BCUT2D eigenvalue weighted by Gasteiger charge is -2.35. The van der Waals surface area contributed by atoms with Gasteiger partial charge in [0.2, 0.25) is 0 Å². The lowest BCUT2D eigenvalue weighted by atomic mass is 9.79. The molecule has 0 amide bonds. The standard InChI is InChI=1S/C11H18N2OS/c1-9-3-2-4-11(14,7-9)8-13-10-12-5-6-15-10/h5-6,9,14H,2-4,7-8H2,1H3,(H,12,13). The van der Waals surface area contributed by atoms with Crippen molar-refractivity contribution in [2.75, 3.05) is 11.9 Å². The molecule has 1 aliphatic carbocycles. The molecule has 2 unspecified atom stereocenters. The maximum atomic E-state index is 10.4. The summed E-state index contributed by atoms with van der Waals surface area (Å²) in [7, 11) is 0. The van der Waals surface area contributed by atoms with Crippen LogP contribution in [0.15, 0.2) is 11.6 Å². The molecule has 1 heterocycles. The van der Waals surface area contributed by atoms with Gasteiger partial charge in [-0.2, -0.15) is 0 Å². The molecule has 0 bridgehead atoms. The van der Waals surface area contributed by atoms with Crippen molar-refractivity contribution in [3.8, 4) is 0 Å². The zero-order valence-electron chi connectivity index (χ0n) is 9.07. The molecule has 1 aromatic heterocycles. The molecule has 84 valence electrons. The summed E-state index contributed by atoms with van der Waals surface area (Å²) >= 11 is 1.58. The summed E-state index contributed by atoms with van der Waals surface area (Å²) < 4.78 is 0. The minimum Gasteiger partial charge on any atom is -0.388 e. The molecule has 4 heteroatoms. The molecule has 2 N–H and O–H groups in total. The van der Waals surface area contributed by atoms with Crippen LogP contribution in [0, 0.1) is 5.92 Å². The third-order valence-corrected chi connectivity index (χ3v) is 3.80. The molecule has 1 saturated carbocycles. The highest BCUT2D eigenvalue weighted by Gasteiger charge is 2.32. The van der Waals surface area contributed by atoms with Crippen molar-refractivity contribution in [2.24, 2.45) is 5.92 Å². The first-order valence-electron chi connectivity index (χ1n) is 5.54. The Kier molecular flexibility index (Phi) is 3.26. The molecule has 2 atom stereocenters. The van der Waals surface area contributed by atoms with Crippen molar-refractivity contribution in [3.63, 3.8) is 0 Å². The Labute approximate surface area is 94.5 Å². The van der Waals surface area contributed by atoms with Gasteiger partial charge in [-0.15, -0.1) is 11.3 Å². The molecule has 0 radical (unpaired) electrons. The van der Waals surface area contributed by atoms with Crippen LogP contribution < -0.4 is 5.32 Å². The average Bonchev–Trinajstić information content (AvgIpc) is 2.67. The molecule has 1 aliphatic rings. The largest absolute Gasteiger partial charge is 0.388 e. The summed E-state index contributed by atoms with van der Waals surface area (Å²) in [4.78, 5) is 4.15. The molecule has 0 aliphatic heterocycles. The highest BCUT2D eigenvalue weighted by atomic mass is 32.1. The predicted octanol–water partition coefficient (Wildman–Crippen LogP) is 2.50. The number of hydrogen-bond donors (Lipinski definition) is 2. The van der Waals surface area contributed by atoms with Crippen LogP contribution in [0.3, 0.4) is 0 Å². The van der Waals surface area contributed by atoms with Crippen molar-refractivity contribution < 1.29 is 5.11 Å². The summed E-state index contributed by atoms with van der Waals surface area (Å²) in [5.74, 6) is 0.641. The van der Waals surface area contributed by atoms with Crippen molar-refractivity contribution in [3.05, 3.63) is 11.6 Å². The maximum absolute atomic E-state index is 10.4. The SMILES string of the molecule is CC1CCCC(O)(CNc2nccs2)C1. The van der Waals surface area contributed by atoms with Gasteiger partial charge < -0.3 is 10.4 Å². The second-order valence-corrected chi connectivity index (χ2v) is 5.51. The normalized spacial score (nSPS) is 31.5. The van der Waals surface area contributed by atoms with Crippen LogP contribution in [-0.2, 0) is 0 Å². The van der Waals surface area contributed by atoms with Crippen molar-refractivity contribution >= 4 is 16.5 Å². The van der Waals surface area contributed by atoms with E-state index in [4.69, 9.17) is 0 Å². The highest BCUT2D eigenvalue weighted by molar-refractivity contribution is 7.13. The molecular formula is C11H18N2OS. The highest BCUT2D eigenvalue weighted by Crippen LogP contribution is 2.32. The topological polar surface area (TPSA) is 45.1 Å². The van der Waals surface area contributed by atoms with E-state index < -0.39 is 5.60 Å². The van der Waals surface area contributed by atoms with Crippen LogP contribution in [0.5, 0.6) is 0 Å². The number of anilines is 1. The van der Waals surface area contributed by atoms with Crippen LogP contribution in [0.2, 0.25) is 0 Å². The van der Waals surface area contributed by atoms with Gasteiger partial charge in [0.1, 0.15) is 0 Å². The van der Waals surface area contributed by atoms with E-state index in [0.717, 1.165) is 24.4 Å². The fourth-order valence-corrected chi connectivity index (χ4v) is 2.87. The first-order chi connectivity index (χ1) is 7.18. The Morgan fingerprint density at radius 1 is 1.73 bits per heavy atom. The maximum Gasteiger partial charge on any atom is 0.182 e. The van der Waals surface area contributed by atoms with E-state index in [0.29, 0.717) is 12.5 Å². The van der Waals surface area contributed by atoms with Crippen LogP contribution in [0.4, 0.5) is 5.13 Å². The Morgan fingerprint density at radius 3 is 3.27 bits per heavy atom. The van der Waals surface area contributed by atoms with E-state index in [2.05, 4.69) is 17.2 Å². The van der Waals surface area contributed by atoms with Crippen LogP contribution in [0.25, 0.3) is 0 Å². The van der Waals surface area contributed by atoms with E-state index >= 15 is 0 Å². The second kappa shape index (κ2) is 4.49. The van der Waals surface area contributed by atoms with Crippen LogP contribution in [0.1, 0.15) is 32.6 Å². The molecule has 1 aromatic rings. The van der Waals surface area contributed by atoms with Crippen LogP contribution in [-0.4, -0.2) is 22.2 Å². The molecule has 15 heavy (non-hydrogen) atoms. The van der Waals surface area contributed by atoms with Crippen molar-refractivity contribution in [1.82, 2.24) is 4.98 Å². The van der Waals surface area contributed by atoms with Gasteiger partial charge in [-0.25, -0.2) is 4.98 Å². The molecule has 3 nitrogen and oxygen atoms in total. The van der Waals surface area contributed by atoms with Gasteiger partial charge in [-0.05, 0) is 18.8 Å². The second-order valence-electron chi connectivity index (χ2n) is 4.62. The first kappa shape index (κ1) is 10.9. The van der Waals surface area contributed by atoms with Crippen molar-refractivity contribution in [2.45, 2.75) is 38.2 Å². The zero-order valence-corrected chi connectivity index (χ0v) is 9.89. The Hall–Kier alpha value is -0.610. The summed E-state index contributed by atoms with van der Waals surface area (Å²) in [6, 6.07) is 0. The summed E-state index contributed by atoms with van der Waals surface area (Å²) in [6.45, 7) is 2.85. The molecule has 0 spiro atoms. The average molecular weight is 226 g/mol. The molecular weight excluding hydrogens is 208 g/mol. The van der Waals surface area contributed by atoms with Gasteiger partial charge in [0.25, 0.3) is 0 Å². The monoisotopic (exact) mass is 226 g/mol. The number of rotatable bonds is 3. The Morgan fingerprint density at radius 2 is 2.60 bits per heavy atom. The smallest absolute Gasteiger partial charge is 0.182 e. The predicted molar refractivity (Wildman–Crippen MR) is 63.2 cm³/mol. The third-order valence-electron chi connectivity index (χ3n) is 3.07. The summed E-state index contributed by atoms with van der Waals surface area (Å²) in [5, 5.41) is 16.4. The minimum atomic E-state index is -0.524. The number of thiazole rings is 1. The van der Waals surface area contributed by atoms with E-state index in [-0.39, 0.29) is 0 Å². The van der Waals surface area contributed by atoms with E-state index in [1.54, 1.807) is 17.5 Å². The lowest BCUT2D eigenvalue weighted by molar-refractivity contribution is -0.000763. The minimum absolute atomic E-state index is 0.524. The van der Waals surface area contributed by atoms with Gasteiger partial charge in [-0.1, -0.05) is 19.8 Å². The van der Waals surface area contributed by atoms with Gasteiger partial charge in [0, 0.05) is 18.1 Å². The molecule has 0 aromatic carbocycles. The van der Waals surface area contributed by atoms with Gasteiger partial charge in [-0.3, -0.25) is 0 Å². The first-order valence-corrected chi connectivity index (χ1v) is 6.42. The lowest BCUT2D eigenvalue weighted by Crippen LogP contribution is -2.41. The van der Waals surface area contributed by atoms with Gasteiger partial charge in [0.15, 0.2) is 5.13 Å². The van der Waals surface area contributed by atoms with Crippen LogP contribution >= 0.6 is 11.3 Å². The Bertz CT molecular complexity index is 302. The number of nitrogens with one attached hydrogen (secondary N) is 1. The number of aromatic nitrogens is 1. The quantitative estimate of drug-likeness (QED) is 0.832. The summed E-state index contributed by atoms with van der Waals surface area (Å²) in [6.07, 6.45) is 5.98. The number of nitrogens with zero attached hydrogens (tertiary/aromatic N) is 1.